The Hall–Kier alpha value is -0.540. The van der Waals surface area contributed by atoms with Gasteiger partial charge < -0.3 is 9.67 Å². The highest BCUT2D eigenvalue weighted by atomic mass is 35.5. The second-order valence-electron chi connectivity index (χ2n) is 4.57. The van der Waals surface area contributed by atoms with Crippen LogP contribution >= 0.6 is 11.6 Å². The molecule has 0 unspecified atom stereocenters. The van der Waals surface area contributed by atoms with Crippen molar-refractivity contribution >= 4 is 11.6 Å². The molecule has 1 fully saturated rings. The molecular weight excluding hydrogens is 224 g/mol. The zero-order valence-corrected chi connectivity index (χ0v) is 10.5. The Morgan fingerprint density at radius 3 is 2.69 bits per heavy atom. The second kappa shape index (κ2) is 5.19. The van der Waals surface area contributed by atoms with Gasteiger partial charge in [0.05, 0.1) is 12.3 Å². The van der Waals surface area contributed by atoms with E-state index in [9.17, 15) is 0 Å². The average Bonchev–Trinajstić information content (AvgIpc) is 2.56. The highest BCUT2D eigenvalue weighted by Crippen LogP contribution is 2.36. The highest BCUT2D eigenvalue weighted by Gasteiger charge is 2.23. The van der Waals surface area contributed by atoms with Crippen LogP contribution in [0.3, 0.4) is 0 Å². The molecule has 0 saturated heterocycles. The van der Waals surface area contributed by atoms with Crippen molar-refractivity contribution in [3.05, 3.63) is 16.7 Å². The van der Waals surface area contributed by atoms with Crippen LogP contribution in [0.2, 0.25) is 5.15 Å². The van der Waals surface area contributed by atoms with Gasteiger partial charge in [0.2, 0.25) is 0 Å². The number of nitrogens with zero attached hydrogens (tertiary/aromatic N) is 2. The maximum atomic E-state index is 8.96. The fraction of sp³-hybridized carbons (Fsp3) is 0.750. The first kappa shape index (κ1) is 11.9. The summed E-state index contributed by atoms with van der Waals surface area (Å²) in [6.07, 6.45) is 6.96. The summed E-state index contributed by atoms with van der Waals surface area (Å²) >= 11 is 6.21. The first-order valence-corrected chi connectivity index (χ1v) is 6.43. The number of hydrogen-bond acceptors (Lipinski definition) is 2. The molecule has 0 atom stereocenters. The van der Waals surface area contributed by atoms with E-state index in [0.717, 1.165) is 5.82 Å². The molecule has 1 aliphatic rings. The minimum absolute atomic E-state index is 0.130. The maximum Gasteiger partial charge on any atom is 0.150 e. The van der Waals surface area contributed by atoms with Crippen LogP contribution in [-0.4, -0.2) is 21.3 Å². The molecule has 1 aromatic rings. The summed E-state index contributed by atoms with van der Waals surface area (Å²) in [5, 5.41) is 9.60. The van der Waals surface area contributed by atoms with E-state index >= 15 is 0 Å². The molecule has 3 nitrogen and oxygen atoms in total. The lowest BCUT2D eigenvalue weighted by atomic mass is 9.87. The van der Waals surface area contributed by atoms with Gasteiger partial charge in [0.1, 0.15) is 5.82 Å². The van der Waals surface area contributed by atoms with Crippen LogP contribution in [0.5, 0.6) is 0 Å². The fourth-order valence-electron chi connectivity index (χ4n) is 2.66. The molecule has 1 heterocycles. The third-order valence-electron chi connectivity index (χ3n) is 3.51. The Bertz CT molecular complexity index is 356. The number of imidazole rings is 1. The molecule has 1 saturated carbocycles. The Morgan fingerprint density at radius 1 is 1.38 bits per heavy atom. The van der Waals surface area contributed by atoms with Crippen molar-refractivity contribution in [2.75, 3.05) is 6.61 Å². The molecule has 0 spiro atoms. The predicted molar refractivity (Wildman–Crippen MR) is 64.8 cm³/mol. The summed E-state index contributed by atoms with van der Waals surface area (Å²) in [6.45, 7) is 0.130. The van der Waals surface area contributed by atoms with E-state index < -0.39 is 0 Å². The van der Waals surface area contributed by atoms with Crippen molar-refractivity contribution in [3.63, 3.8) is 0 Å². The lowest BCUT2D eigenvalue weighted by Crippen LogP contribution is -2.11. The highest BCUT2D eigenvalue weighted by molar-refractivity contribution is 6.30. The molecule has 0 aromatic carbocycles. The molecule has 1 aliphatic carbocycles. The minimum atomic E-state index is 0.130. The van der Waals surface area contributed by atoms with Gasteiger partial charge in [0.15, 0.2) is 5.15 Å². The first-order valence-electron chi connectivity index (χ1n) is 6.06. The summed E-state index contributed by atoms with van der Waals surface area (Å²) < 4.78 is 2.08. The summed E-state index contributed by atoms with van der Waals surface area (Å²) in [5.41, 5.74) is 1.17. The smallest absolute Gasteiger partial charge is 0.150 e. The molecule has 0 aliphatic heterocycles. The number of aliphatic hydroxyl groups is 1. The topological polar surface area (TPSA) is 38.0 Å². The molecule has 4 heteroatoms. The third kappa shape index (κ3) is 2.25. The van der Waals surface area contributed by atoms with Crippen molar-refractivity contribution in [2.45, 2.75) is 44.4 Å². The van der Waals surface area contributed by atoms with E-state index in [1.807, 2.05) is 7.05 Å². The van der Waals surface area contributed by atoms with E-state index in [0.29, 0.717) is 17.5 Å². The van der Waals surface area contributed by atoms with Gasteiger partial charge in [0.25, 0.3) is 0 Å². The van der Waals surface area contributed by atoms with E-state index in [1.54, 1.807) is 0 Å². The van der Waals surface area contributed by atoms with Crippen molar-refractivity contribution in [1.29, 1.82) is 0 Å². The minimum Gasteiger partial charge on any atom is -0.396 e. The molecule has 2 rings (SSSR count). The van der Waals surface area contributed by atoms with Crippen molar-refractivity contribution in [2.24, 2.45) is 7.05 Å². The van der Waals surface area contributed by atoms with Crippen molar-refractivity contribution < 1.29 is 5.11 Å². The molecule has 1 N–H and O–H groups in total. The monoisotopic (exact) mass is 242 g/mol. The Balaban J connectivity index is 2.24. The molecule has 0 bridgehead atoms. The summed E-state index contributed by atoms with van der Waals surface area (Å²) in [4.78, 5) is 4.34. The van der Waals surface area contributed by atoms with Gasteiger partial charge in [-0.05, 0) is 12.8 Å². The first-order chi connectivity index (χ1) is 7.74. The maximum absolute atomic E-state index is 8.96. The van der Waals surface area contributed by atoms with E-state index in [2.05, 4.69) is 9.55 Å². The molecule has 0 amide bonds. The number of halogens is 1. The second-order valence-corrected chi connectivity index (χ2v) is 4.93. The lowest BCUT2D eigenvalue weighted by Gasteiger charge is -2.22. The largest absolute Gasteiger partial charge is 0.396 e. The molecule has 90 valence electrons. The van der Waals surface area contributed by atoms with Gasteiger partial charge in [-0.3, -0.25) is 0 Å². The van der Waals surface area contributed by atoms with Crippen LogP contribution in [0.15, 0.2) is 0 Å². The third-order valence-corrected chi connectivity index (χ3v) is 3.79. The zero-order valence-electron chi connectivity index (χ0n) is 9.75. The summed E-state index contributed by atoms with van der Waals surface area (Å²) in [5.74, 6) is 1.46. The normalized spacial score (nSPS) is 17.9. The lowest BCUT2D eigenvalue weighted by molar-refractivity contribution is 0.295. The average molecular weight is 243 g/mol. The number of aromatic nitrogens is 2. The molecular formula is C12H19ClN2O. The van der Waals surface area contributed by atoms with E-state index in [1.165, 1.54) is 37.8 Å². The Labute approximate surface area is 101 Å². The summed E-state index contributed by atoms with van der Waals surface area (Å²) in [7, 11) is 2.01. The number of aliphatic hydroxyl groups excluding tert-OH is 1. The van der Waals surface area contributed by atoms with Gasteiger partial charge in [0, 0.05) is 19.4 Å². The van der Waals surface area contributed by atoms with Crippen molar-refractivity contribution in [1.82, 2.24) is 9.55 Å². The van der Waals surface area contributed by atoms with E-state index in [-0.39, 0.29) is 6.61 Å². The Kier molecular flexibility index (Phi) is 3.87. The van der Waals surface area contributed by atoms with Crippen LogP contribution in [-0.2, 0) is 13.5 Å². The molecule has 1 aromatic heterocycles. The summed E-state index contributed by atoms with van der Waals surface area (Å²) in [6, 6.07) is 0. The van der Waals surface area contributed by atoms with Crippen LogP contribution in [0.1, 0.15) is 49.5 Å². The van der Waals surface area contributed by atoms with Gasteiger partial charge >= 0.3 is 0 Å². The van der Waals surface area contributed by atoms with Crippen molar-refractivity contribution in [3.8, 4) is 0 Å². The van der Waals surface area contributed by atoms with Crippen LogP contribution in [0, 0.1) is 0 Å². The van der Waals surface area contributed by atoms with Gasteiger partial charge in [-0.2, -0.15) is 0 Å². The van der Waals surface area contributed by atoms with Gasteiger partial charge in [-0.15, -0.1) is 0 Å². The van der Waals surface area contributed by atoms with Crippen LogP contribution in [0.4, 0.5) is 0 Å². The van der Waals surface area contributed by atoms with E-state index in [4.69, 9.17) is 16.7 Å². The Morgan fingerprint density at radius 2 is 2.06 bits per heavy atom. The predicted octanol–water partition coefficient (Wildman–Crippen LogP) is 2.66. The van der Waals surface area contributed by atoms with Gasteiger partial charge in [-0.25, -0.2) is 4.98 Å². The van der Waals surface area contributed by atoms with Gasteiger partial charge in [-0.1, -0.05) is 30.9 Å². The number of rotatable bonds is 3. The van der Waals surface area contributed by atoms with Crippen LogP contribution in [0.25, 0.3) is 0 Å². The molecule has 0 radical (unpaired) electrons. The van der Waals surface area contributed by atoms with Crippen LogP contribution < -0.4 is 0 Å². The number of hydrogen-bond donors (Lipinski definition) is 1. The molecule has 16 heavy (non-hydrogen) atoms. The quantitative estimate of drug-likeness (QED) is 0.885. The fourth-order valence-corrected chi connectivity index (χ4v) is 3.04. The standard InChI is InChI=1S/C12H19ClN2O/c1-15-10(7-8-16)14-12(13)11(15)9-5-3-2-4-6-9/h9,16H,2-8H2,1H3. The zero-order chi connectivity index (χ0) is 11.5. The SMILES string of the molecule is Cn1c(CCO)nc(Cl)c1C1CCCCC1.